The fourth-order valence-corrected chi connectivity index (χ4v) is 2.92. The summed E-state index contributed by atoms with van der Waals surface area (Å²) in [5, 5.41) is 7.72. The summed E-state index contributed by atoms with van der Waals surface area (Å²) in [6.07, 6.45) is 3.25. The number of aromatic nitrogens is 1. The Balaban J connectivity index is 2.11. The van der Waals surface area contributed by atoms with Gasteiger partial charge in [0.2, 0.25) is 0 Å². The zero-order valence-electron chi connectivity index (χ0n) is 14.0. The average molecular weight is 312 g/mol. The minimum Gasteiger partial charge on any atom is -0.308 e. The lowest BCUT2D eigenvalue weighted by Gasteiger charge is -2.11. The Morgan fingerprint density at radius 2 is 1.71 bits per heavy atom. The molecule has 0 atom stereocenters. The molecule has 24 heavy (non-hydrogen) atoms. The Labute approximate surface area is 143 Å². The van der Waals surface area contributed by atoms with E-state index < -0.39 is 0 Å². The average Bonchev–Trinajstić information content (AvgIpc) is 2.61. The molecule has 1 aromatic heterocycles. The second-order valence-electron chi connectivity index (χ2n) is 5.84. The van der Waals surface area contributed by atoms with E-state index in [1.54, 1.807) is 0 Å². The van der Waals surface area contributed by atoms with Crippen LogP contribution in [0.25, 0.3) is 28.5 Å². The summed E-state index contributed by atoms with van der Waals surface area (Å²) in [6.45, 7) is 7.85. The van der Waals surface area contributed by atoms with Crippen LogP contribution in [-0.4, -0.2) is 11.2 Å². The lowest BCUT2D eigenvalue weighted by atomic mass is 9.95. The monoisotopic (exact) mass is 312 g/mol. The highest BCUT2D eigenvalue weighted by Gasteiger charge is 2.08. The fourth-order valence-electron chi connectivity index (χ4n) is 2.92. The van der Waals surface area contributed by atoms with E-state index in [0.717, 1.165) is 44.8 Å². The van der Waals surface area contributed by atoms with E-state index in [1.807, 2.05) is 50.3 Å². The summed E-state index contributed by atoms with van der Waals surface area (Å²) in [7, 11) is 0. The molecule has 1 heterocycles. The van der Waals surface area contributed by atoms with E-state index in [4.69, 9.17) is 10.4 Å². The van der Waals surface area contributed by atoms with Gasteiger partial charge in [0.1, 0.15) is 0 Å². The Morgan fingerprint density at radius 1 is 0.958 bits per heavy atom. The van der Waals surface area contributed by atoms with E-state index in [2.05, 4.69) is 30.8 Å². The molecule has 0 aliphatic heterocycles. The van der Waals surface area contributed by atoms with Crippen LogP contribution in [0.4, 0.5) is 0 Å². The maximum Gasteiger partial charge on any atom is 0.0705 e. The summed E-state index contributed by atoms with van der Waals surface area (Å²) in [5.74, 6) is 0. The summed E-state index contributed by atoms with van der Waals surface area (Å²) in [6, 6.07) is 18.5. The number of hydrogen-bond acceptors (Lipinski definition) is 2. The summed E-state index contributed by atoms with van der Waals surface area (Å²) in [5.41, 5.74) is 8.29. The molecule has 2 heteroatoms. The highest BCUT2D eigenvalue weighted by molar-refractivity contribution is 5.91. The molecule has 2 aromatic carbocycles. The quantitative estimate of drug-likeness (QED) is 0.619. The molecule has 0 radical (unpaired) electrons. The van der Waals surface area contributed by atoms with Gasteiger partial charge in [0.05, 0.1) is 5.69 Å². The van der Waals surface area contributed by atoms with Gasteiger partial charge in [0.25, 0.3) is 0 Å². The van der Waals surface area contributed by atoms with Gasteiger partial charge in [-0.2, -0.15) is 0 Å². The molecule has 0 fully saturated rings. The molecular weight excluding hydrogens is 292 g/mol. The molecule has 0 amide bonds. The number of nitrogens with one attached hydrogen (secondary N) is 1. The van der Waals surface area contributed by atoms with Crippen molar-refractivity contribution < 1.29 is 0 Å². The van der Waals surface area contributed by atoms with Gasteiger partial charge >= 0.3 is 0 Å². The highest BCUT2D eigenvalue weighted by Crippen LogP contribution is 2.29. The number of benzene rings is 2. The van der Waals surface area contributed by atoms with E-state index in [-0.39, 0.29) is 0 Å². The van der Waals surface area contributed by atoms with Crippen LogP contribution in [0, 0.1) is 19.3 Å². The molecule has 118 valence electrons. The van der Waals surface area contributed by atoms with Crippen LogP contribution in [-0.2, 0) is 0 Å². The molecule has 0 saturated heterocycles. The van der Waals surface area contributed by atoms with E-state index in [1.165, 1.54) is 6.21 Å². The molecule has 3 aromatic rings. The standard InChI is InChI=1S/C22H20N2/c1-4-17-11-12-22(24-16(17)3)19-9-6-8-18(13-19)20-10-5-7-15(2)21(20)14-23/h4-14,23H,1H2,2-3H3. The van der Waals surface area contributed by atoms with Crippen molar-refractivity contribution in [1.29, 1.82) is 5.41 Å². The molecule has 0 aliphatic carbocycles. The smallest absolute Gasteiger partial charge is 0.0705 e. The second-order valence-corrected chi connectivity index (χ2v) is 5.84. The predicted octanol–water partition coefficient (Wildman–Crippen LogP) is 5.67. The Kier molecular flexibility index (Phi) is 4.39. The first kappa shape index (κ1) is 15.9. The van der Waals surface area contributed by atoms with Crippen molar-refractivity contribution in [1.82, 2.24) is 4.98 Å². The van der Waals surface area contributed by atoms with Crippen molar-refractivity contribution in [3.05, 3.63) is 83.6 Å². The Hall–Kier alpha value is -3.00. The first-order chi connectivity index (χ1) is 11.6. The van der Waals surface area contributed by atoms with Gasteiger partial charge in [-0.15, -0.1) is 0 Å². The van der Waals surface area contributed by atoms with Crippen LogP contribution < -0.4 is 0 Å². The van der Waals surface area contributed by atoms with Gasteiger partial charge < -0.3 is 5.41 Å². The van der Waals surface area contributed by atoms with Crippen molar-refractivity contribution in [3.8, 4) is 22.4 Å². The molecule has 0 aliphatic rings. The third-order valence-electron chi connectivity index (χ3n) is 4.28. The van der Waals surface area contributed by atoms with Gasteiger partial charge in [0, 0.05) is 23.0 Å². The van der Waals surface area contributed by atoms with Crippen molar-refractivity contribution in [3.63, 3.8) is 0 Å². The van der Waals surface area contributed by atoms with Crippen LogP contribution in [0.1, 0.15) is 22.4 Å². The third-order valence-corrected chi connectivity index (χ3v) is 4.28. The van der Waals surface area contributed by atoms with Crippen LogP contribution >= 0.6 is 0 Å². The molecule has 0 saturated carbocycles. The van der Waals surface area contributed by atoms with Crippen molar-refractivity contribution in [2.45, 2.75) is 13.8 Å². The van der Waals surface area contributed by atoms with Gasteiger partial charge in [-0.3, -0.25) is 4.98 Å². The summed E-state index contributed by atoms with van der Waals surface area (Å²) in [4.78, 5) is 4.69. The number of aryl methyl sites for hydroxylation is 2. The summed E-state index contributed by atoms with van der Waals surface area (Å²) >= 11 is 0. The zero-order valence-corrected chi connectivity index (χ0v) is 14.0. The minimum absolute atomic E-state index is 0.948. The minimum atomic E-state index is 0.948. The molecule has 0 bridgehead atoms. The van der Waals surface area contributed by atoms with Gasteiger partial charge in [-0.05, 0) is 48.2 Å². The molecule has 1 N–H and O–H groups in total. The number of hydrogen-bond donors (Lipinski definition) is 1. The normalized spacial score (nSPS) is 10.4. The van der Waals surface area contributed by atoms with Crippen molar-refractivity contribution in [2.24, 2.45) is 0 Å². The number of nitrogens with zero attached hydrogens (tertiary/aromatic N) is 1. The molecule has 2 nitrogen and oxygen atoms in total. The highest BCUT2D eigenvalue weighted by atomic mass is 14.7. The SMILES string of the molecule is C=Cc1ccc(-c2cccc(-c3cccc(C)c3C=N)c2)nc1C. The zero-order chi connectivity index (χ0) is 17.1. The first-order valence-corrected chi connectivity index (χ1v) is 7.95. The van der Waals surface area contributed by atoms with Gasteiger partial charge in [-0.1, -0.05) is 55.1 Å². The first-order valence-electron chi connectivity index (χ1n) is 7.95. The van der Waals surface area contributed by atoms with Gasteiger partial charge in [0.15, 0.2) is 0 Å². The molecule has 3 rings (SSSR count). The number of rotatable bonds is 4. The van der Waals surface area contributed by atoms with Crippen molar-refractivity contribution in [2.75, 3.05) is 0 Å². The Morgan fingerprint density at radius 3 is 2.42 bits per heavy atom. The largest absolute Gasteiger partial charge is 0.308 e. The second kappa shape index (κ2) is 6.63. The maximum atomic E-state index is 7.72. The lowest BCUT2D eigenvalue weighted by molar-refractivity contribution is 1.19. The molecular formula is C22H20N2. The predicted molar refractivity (Wildman–Crippen MR) is 103 cm³/mol. The maximum absolute atomic E-state index is 7.72. The van der Waals surface area contributed by atoms with E-state index in [0.29, 0.717) is 0 Å². The lowest BCUT2D eigenvalue weighted by Crippen LogP contribution is -1.93. The molecule has 0 spiro atoms. The Bertz CT molecular complexity index is 923. The van der Waals surface area contributed by atoms with Crippen LogP contribution in [0.3, 0.4) is 0 Å². The van der Waals surface area contributed by atoms with Crippen LogP contribution in [0.5, 0.6) is 0 Å². The topological polar surface area (TPSA) is 36.7 Å². The van der Waals surface area contributed by atoms with E-state index >= 15 is 0 Å². The van der Waals surface area contributed by atoms with Crippen LogP contribution in [0.2, 0.25) is 0 Å². The fraction of sp³-hybridized carbons (Fsp3) is 0.0909. The van der Waals surface area contributed by atoms with Crippen molar-refractivity contribution >= 4 is 12.3 Å². The molecule has 0 unspecified atom stereocenters. The summed E-state index contributed by atoms with van der Waals surface area (Å²) < 4.78 is 0. The third kappa shape index (κ3) is 2.91. The van der Waals surface area contributed by atoms with Gasteiger partial charge in [-0.25, -0.2) is 0 Å². The van der Waals surface area contributed by atoms with E-state index in [9.17, 15) is 0 Å². The number of pyridine rings is 1. The van der Waals surface area contributed by atoms with Crippen LogP contribution in [0.15, 0.2) is 61.2 Å².